The van der Waals surface area contributed by atoms with Gasteiger partial charge in [-0.3, -0.25) is 14.2 Å². The summed E-state index contributed by atoms with van der Waals surface area (Å²) in [5.74, 6) is 2.63. The van der Waals surface area contributed by atoms with Crippen molar-refractivity contribution in [2.75, 3.05) is 0 Å². The quantitative estimate of drug-likeness (QED) is 0.523. The van der Waals surface area contributed by atoms with Crippen LogP contribution in [0.5, 0.6) is 0 Å². The van der Waals surface area contributed by atoms with E-state index in [-0.39, 0.29) is 5.69 Å². The summed E-state index contributed by atoms with van der Waals surface area (Å²) in [7, 11) is 3.68. The Labute approximate surface area is 167 Å². The number of aromatic nitrogens is 7. The molecule has 0 aromatic carbocycles. The lowest BCUT2D eigenvalue weighted by atomic mass is 10.2. The maximum atomic E-state index is 11.8. The Morgan fingerprint density at radius 1 is 1.28 bits per heavy atom. The Kier molecular flexibility index (Phi) is 4.39. The first-order valence-electron chi connectivity index (χ1n) is 9.03. The van der Waals surface area contributed by atoms with Crippen molar-refractivity contribution in [2.45, 2.75) is 19.9 Å². The molecule has 29 heavy (non-hydrogen) atoms. The highest BCUT2D eigenvalue weighted by atomic mass is 16.1. The van der Waals surface area contributed by atoms with E-state index in [4.69, 9.17) is 17.1 Å². The number of terminal acetylenes is 1. The summed E-state index contributed by atoms with van der Waals surface area (Å²) in [5.41, 5.74) is 9.44. The van der Waals surface area contributed by atoms with Crippen LogP contribution in [0.1, 0.15) is 22.6 Å². The Morgan fingerprint density at radius 3 is 2.79 bits per heavy atom. The van der Waals surface area contributed by atoms with Crippen LogP contribution in [-0.4, -0.2) is 40.0 Å². The van der Waals surface area contributed by atoms with E-state index >= 15 is 0 Å². The second kappa shape index (κ2) is 6.91. The highest BCUT2D eigenvalue weighted by Gasteiger charge is 2.20. The number of amides is 1. The van der Waals surface area contributed by atoms with Crippen LogP contribution in [0, 0.1) is 19.3 Å². The molecule has 146 valence electrons. The summed E-state index contributed by atoms with van der Waals surface area (Å²) in [6, 6.07) is 3.60. The summed E-state index contributed by atoms with van der Waals surface area (Å²) in [6.45, 7) is 2.53. The van der Waals surface area contributed by atoms with E-state index in [9.17, 15) is 4.79 Å². The molecule has 4 aromatic rings. The first-order valence-corrected chi connectivity index (χ1v) is 9.03. The molecule has 0 radical (unpaired) electrons. The summed E-state index contributed by atoms with van der Waals surface area (Å²) < 4.78 is 5.39. The third-order valence-corrected chi connectivity index (χ3v) is 4.72. The van der Waals surface area contributed by atoms with Crippen LogP contribution in [0.3, 0.4) is 0 Å². The highest BCUT2D eigenvalue weighted by molar-refractivity contribution is 5.99. The zero-order valence-electron chi connectivity index (χ0n) is 16.4. The fraction of sp³-hybridized carbons (Fsp3) is 0.250. The molecule has 0 spiro atoms. The third kappa shape index (κ3) is 3.14. The number of imidazole rings is 1. The standard InChI is InChI=1S/C20H20N8O/c1-5-6-7-28-17(8-12(2)25-28)15-11-26(3)20(24-15)18-13-10-22-27(4)16(13)9-14(23-18)19(21)29/h1,8-11H,6-7H2,2-4H3,(H2,21,29). The van der Waals surface area contributed by atoms with Crippen molar-refractivity contribution >= 4 is 16.8 Å². The van der Waals surface area contributed by atoms with Crippen LogP contribution in [-0.2, 0) is 20.6 Å². The van der Waals surface area contributed by atoms with Crippen molar-refractivity contribution in [3.05, 3.63) is 35.9 Å². The summed E-state index contributed by atoms with van der Waals surface area (Å²) >= 11 is 0. The fourth-order valence-electron chi connectivity index (χ4n) is 3.34. The van der Waals surface area contributed by atoms with E-state index in [2.05, 4.69) is 21.1 Å². The van der Waals surface area contributed by atoms with E-state index in [1.807, 2.05) is 35.5 Å². The second-order valence-electron chi connectivity index (χ2n) is 6.83. The average Bonchev–Trinajstić information content (AvgIpc) is 3.36. The minimum Gasteiger partial charge on any atom is -0.364 e. The van der Waals surface area contributed by atoms with Gasteiger partial charge in [-0.25, -0.2) is 9.97 Å². The van der Waals surface area contributed by atoms with E-state index in [0.29, 0.717) is 24.5 Å². The lowest BCUT2D eigenvalue weighted by Crippen LogP contribution is -2.14. The van der Waals surface area contributed by atoms with Gasteiger partial charge in [0.05, 0.1) is 29.6 Å². The van der Waals surface area contributed by atoms with Crippen LogP contribution < -0.4 is 5.73 Å². The maximum Gasteiger partial charge on any atom is 0.267 e. The molecule has 0 fully saturated rings. The van der Waals surface area contributed by atoms with E-state index in [1.165, 1.54) is 0 Å². The van der Waals surface area contributed by atoms with E-state index in [1.54, 1.807) is 24.0 Å². The van der Waals surface area contributed by atoms with Gasteiger partial charge in [-0.2, -0.15) is 10.2 Å². The van der Waals surface area contributed by atoms with Gasteiger partial charge >= 0.3 is 0 Å². The van der Waals surface area contributed by atoms with Crippen molar-refractivity contribution in [1.82, 2.24) is 34.1 Å². The number of aryl methyl sites for hydroxylation is 4. The molecule has 0 saturated carbocycles. The van der Waals surface area contributed by atoms with Gasteiger partial charge in [0.2, 0.25) is 0 Å². The van der Waals surface area contributed by atoms with Crippen LogP contribution in [0.15, 0.2) is 24.5 Å². The number of rotatable bonds is 5. The number of carbonyl (C=O) groups excluding carboxylic acids is 1. The molecular formula is C20H20N8O. The fourth-order valence-corrected chi connectivity index (χ4v) is 3.34. The van der Waals surface area contributed by atoms with Gasteiger partial charge in [0, 0.05) is 32.1 Å². The van der Waals surface area contributed by atoms with E-state index < -0.39 is 5.91 Å². The first-order chi connectivity index (χ1) is 13.9. The topological polar surface area (TPSA) is 109 Å². The van der Waals surface area contributed by atoms with Gasteiger partial charge < -0.3 is 10.3 Å². The van der Waals surface area contributed by atoms with E-state index in [0.717, 1.165) is 28.0 Å². The number of hydrogen-bond acceptors (Lipinski definition) is 5. The van der Waals surface area contributed by atoms with Gasteiger partial charge in [0.15, 0.2) is 5.82 Å². The summed E-state index contributed by atoms with van der Waals surface area (Å²) in [4.78, 5) is 21.1. The maximum absolute atomic E-state index is 11.8. The lowest BCUT2D eigenvalue weighted by Gasteiger charge is -2.05. The molecule has 0 unspecified atom stereocenters. The molecule has 2 N–H and O–H groups in total. The zero-order valence-corrected chi connectivity index (χ0v) is 16.4. The zero-order chi connectivity index (χ0) is 20.7. The summed E-state index contributed by atoms with van der Waals surface area (Å²) in [6.07, 6.45) is 9.59. The second-order valence-corrected chi connectivity index (χ2v) is 6.83. The molecule has 9 heteroatoms. The highest BCUT2D eigenvalue weighted by Crippen LogP contribution is 2.29. The van der Waals surface area contributed by atoms with Gasteiger partial charge in [-0.15, -0.1) is 12.3 Å². The van der Waals surface area contributed by atoms with Crippen LogP contribution in [0.4, 0.5) is 0 Å². The van der Waals surface area contributed by atoms with Gasteiger partial charge in [0.1, 0.15) is 17.1 Å². The van der Waals surface area contributed by atoms with Crippen molar-refractivity contribution in [3.8, 4) is 35.2 Å². The van der Waals surface area contributed by atoms with Crippen LogP contribution in [0.25, 0.3) is 33.8 Å². The van der Waals surface area contributed by atoms with Gasteiger partial charge in [-0.1, -0.05) is 0 Å². The molecule has 0 aliphatic rings. The number of pyridine rings is 1. The molecular weight excluding hydrogens is 368 g/mol. The van der Waals surface area contributed by atoms with Crippen LogP contribution >= 0.6 is 0 Å². The predicted octanol–water partition coefficient (Wildman–Crippen LogP) is 1.66. The Morgan fingerprint density at radius 2 is 2.07 bits per heavy atom. The van der Waals surface area contributed by atoms with Gasteiger partial charge in [0.25, 0.3) is 5.91 Å². The molecule has 4 heterocycles. The minimum absolute atomic E-state index is 0.163. The largest absolute Gasteiger partial charge is 0.364 e. The Hall–Kier alpha value is -3.93. The SMILES string of the molecule is C#CCCn1nc(C)cc1-c1cn(C)c(-c2nc(C(N)=O)cc3c2cnn3C)n1. The molecule has 9 nitrogen and oxygen atoms in total. The normalized spacial score (nSPS) is 11.1. The number of nitrogens with two attached hydrogens (primary N) is 1. The first kappa shape index (κ1) is 18.4. The number of primary amides is 1. The van der Waals surface area contributed by atoms with Crippen molar-refractivity contribution in [2.24, 2.45) is 19.8 Å². The molecule has 0 aliphatic heterocycles. The van der Waals surface area contributed by atoms with Crippen LogP contribution in [0.2, 0.25) is 0 Å². The Bertz CT molecular complexity index is 1280. The molecule has 0 saturated heterocycles. The van der Waals surface area contributed by atoms with Crippen molar-refractivity contribution in [1.29, 1.82) is 0 Å². The molecule has 0 bridgehead atoms. The third-order valence-electron chi connectivity index (χ3n) is 4.72. The van der Waals surface area contributed by atoms with Crippen molar-refractivity contribution in [3.63, 3.8) is 0 Å². The predicted molar refractivity (Wildman–Crippen MR) is 109 cm³/mol. The summed E-state index contributed by atoms with van der Waals surface area (Å²) in [5, 5.41) is 9.58. The Balaban J connectivity index is 1.89. The van der Waals surface area contributed by atoms with Gasteiger partial charge in [-0.05, 0) is 19.1 Å². The monoisotopic (exact) mass is 388 g/mol. The molecule has 4 rings (SSSR count). The average molecular weight is 388 g/mol. The molecule has 1 amide bonds. The minimum atomic E-state index is -0.605. The number of carbonyl (C=O) groups is 1. The smallest absolute Gasteiger partial charge is 0.267 e. The molecule has 0 aliphatic carbocycles. The van der Waals surface area contributed by atoms with Crippen molar-refractivity contribution < 1.29 is 4.79 Å². The lowest BCUT2D eigenvalue weighted by molar-refractivity contribution is 0.0996. The number of fused-ring (bicyclic) bond motifs is 1. The number of nitrogens with zero attached hydrogens (tertiary/aromatic N) is 7. The molecule has 4 aromatic heterocycles. The molecule has 0 atom stereocenters. The number of hydrogen-bond donors (Lipinski definition) is 1.